The molecule has 0 bridgehead atoms. The van der Waals surface area contributed by atoms with E-state index in [-0.39, 0.29) is 11.6 Å². The van der Waals surface area contributed by atoms with Crippen LogP contribution >= 0.6 is 0 Å². The summed E-state index contributed by atoms with van der Waals surface area (Å²) in [4.78, 5) is 4.54. The highest BCUT2D eigenvalue weighted by Gasteiger charge is 2.35. The summed E-state index contributed by atoms with van der Waals surface area (Å²) in [6, 6.07) is 0. The molecule has 3 rings (SSSR count). The van der Waals surface area contributed by atoms with Crippen LogP contribution in [0, 0.1) is 5.92 Å². The van der Waals surface area contributed by atoms with E-state index in [0.29, 0.717) is 24.1 Å². The second kappa shape index (κ2) is 5.82. The van der Waals surface area contributed by atoms with Crippen molar-refractivity contribution in [2.75, 3.05) is 7.11 Å². The smallest absolute Gasteiger partial charge is 0.228 e. The molecule has 20 heavy (non-hydrogen) atoms. The van der Waals surface area contributed by atoms with Crippen molar-refractivity contribution in [2.45, 2.75) is 69.4 Å². The van der Waals surface area contributed by atoms with Gasteiger partial charge in [0.25, 0.3) is 0 Å². The van der Waals surface area contributed by atoms with Crippen molar-refractivity contribution in [2.24, 2.45) is 11.7 Å². The summed E-state index contributed by atoms with van der Waals surface area (Å²) >= 11 is 0. The van der Waals surface area contributed by atoms with Crippen LogP contribution in [0.15, 0.2) is 4.52 Å². The maximum Gasteiger partial charge on any atom is 0.228 e. The predicted octanol–water partition coefficient (Wildman–Crippen LogP) is 2.76. The molecule has 5 heteroatoms. The van der Waals surface area contributed by atoms with E-state index < -0.39 is 0 Å². The molecule has 2 aliphatic rings. The van der Waals surface area contributed by atoms with Crippen molar-refractivity contribution in [1.82, 2.24) is 10.1 Å². The Morgan fingerprint density at radius 1 is 1.30 bits per heavy atom. The van der Waals surface area contributed by atoms with Crippen molar-refractivity contribution in [3.63, 3.8) is 0 Å². The van der Waals surface area contributed by atoms with Gasteiger partial charge < -0.3 is 15.0 Å². The molecule has 1 aromatic rings. The van der Waals surface area contributed by atoms with E-state index in [1.807, 2.05) is 0 Å². The van der Waals surface area contributed by atoms with Gasteiger partial charge in [0.15, 0.2) is 0 Å². The van der Waals surface area contributed by atoms with E-state index >= 15 is 0 Å². The first-order valence-electron chi connectivity index (χ1n) is 7.84. The van der Waals surface area contributed by atoms with E-state index in [4.69, 9.17) is 15.0 Å². The van der Waals surface area contributed by atoms with Gasteiger partial charge in [-0.3, -0.25) is 0 Å². The SMILES string of the molecule is COC(c1noc(CC2(N)CCC2)n1)C1CCCCC1. The summed E-state index contributed by atoms with van der Waals surface area (Å²) in [5.74, 6) is 1.90. The molecule has 0 amide bonds. The fourth-order valence-corrected chi connectivity index (χ4v) is 3.51. The van der Waals surface area contributed by atoms with E-state index in [2.05, 4.69) is 10.1 Å². The molecule has 1 heterocycles. The van der Waals surface area contributed by atoms with Crippen LogP contribution in [0.4, 0.5) is 0 Å². The maximum atomic E-state index is 6.24. The Kier molecular flexibility index (Phi) is 4.08. The van der Waals surface area contributed by atoms with Gasteiger partial charge >= 0.3 is 0 Å². The average molecular weight is 279 g/mol. The van der Waals surface area contributed by atoms with E-state index in [9.17, 15) is 0 Å². The minimum atomic E-state index is -0.114. The lowest BCUT2D eigenvalue weighted by Crippen LogP contribution is -2.48. The molecule has 1 unspecified atom stereocenters. The molecule has 0 spiro atoms. The van der Waals surface area contributed by atoms with Crippen molar-refractivity contribution in [3.05, 3.63) is 11.7 Å². The first kappa shape index (κ1) is 14.0. The van der Waals surface area contributed by atoms with Crippen LogP contribution in [0.2, 0.25) is 0 Å². The van der Waals surface area contributed by atoms with Crippen molar-refractivity contribution in [1.29, 1.82) is 0 Å². The number of hydrogen-bond donors (Lipinski definition) is 1. The largest absolute Gasteiger partial charge is 0.373 e. The summed E-state index contributed by atoms with van der Waals surface area (Å²) in [5.41, 5.74) is 6.12. The number of nitrogens with two attached hydrogens (primary N) is 1. The van der Waals surface area contributed by atoms with Crippen LogP contribution in [0.5, 0.6) is 0 Å². The third kappa shape index (κ3) is 2.88. The lowest BCUT2D eigenvalue weighted by Gasteiger charge is -2.36. The molecule has 1 atom stereocenters. The van der Waals surface area contributed by atoms with Crippen LogP contribution in [0.25, 0.3) is 0 Å². The summed E-state index contributed by atoms with van der Waals surface area (Å²) in [6.07, 6.45) is 10.3. The molecular formula is C15H25N3O2. The predicted molar refractivity (Wildman–Crippen MR) is 75.1 cm³/mol. The van der Waals surface area contributed by atoms with Crippen molar-refractivity contribution in [3.8, 4) is 0 Å². The van der Waals surface area contributed by atoms with Crippen LogP contribution in [-0.2, 0) is 11.2 Å². The van der Waals surface area contributed by atoms with Gasteiger partial charge in [-0.15, -0.1) is 0 Å². The lowest BCUT2D eigenvalue weighted by molar-refractivity contribution is 0.0273. The molecule has 2 saturated carbocycles. The second-order valence-electron chi connectivity index (χ2n) is 6.49. The molecule has 1 aromatic heterocycles. The number of methoxy groups -OCH3 is 1. The Bertz CT molecular complexity index is 436. The molecule has 0 aromatic carbocycles. The Morgan fingerprint density at radius 2 is 2.05 bits per heavy atom. The Balaban J connectivity index is 1.67. The topological polar surface area (TPSA) is 74.2 Å². The molecule has 5 nitrogen and oxygen atoms in total. The van der Waals surface area contributed by atoms with E-state index in [1.54, 1.807) is 7.11 Å². The third-order valence-electron chi connectivity index (χ3n) is 4.92. The average Bonchev–Trinajstić information content (AvgIpc) is 2.87. The van der Waals surface area contributed by atoms with Crippen molar-refractivity contribution < 1.29 is 9.26 Å². The van der Waals surface area contributed by atoms with Crippen LogP contribution in [-0.4, -0.2) is 22.8 Å². The Hall–Kier alpha value is -0.940. The lowest BCUT2D eigenvalue weighted by atomic mass is 9.75. The summed E-state index contributed by atoms with van der Waals surface area (Å²) in [7, 11) is 1.74. The van der Waals surface area contributed by atoms with E-state index in [0.717, 1.165) is 12.8 Å². The molecule has 0 aliphatic heterocycles. The Labute approximate surface area is 120 Å². The Morgan fingerprint density at radius 3 is 2.65 bits per heavy atom. The first-order chi connectivity index (χ1) is 9.70. The van der Waals surface area contributed by atoms with Gasteiger partial charge in [-0.2, -0.15) is 4.98 Å². The second-order valence-corrected chi connectivity index (χ2v) is 6.49. The third-order valence-corrected chi connectivity index (χ3v) is 4.92. The fourth-order valence-electron chi connectivity index (χ4n) is 3.51. The van der Waals surface area contributed by atoms with Gasteiger partial charge in [0.1, 0.15) is 6.10 Å². The standard InChI is InChI=1S/C15H25N3O2/c1-19-13(11-6-3-2-4-7-11)14-17-12(20-18-14)10-15(16)8-5-9-15/h11,13H,2-10,16H2,1H3. The highest BCUT2D eigenvalue weighted by molar-refractivity contribution is 5.02. The summed E-state index contributed by atoms with van der Waals surface area (Å²) in [5, 5.41) is 4.14. The van der Waals surface area contributed by atoms with Gasteiger partial charge in [0.2, 0.25) is 11.7 Å². The quantitative estimate of drug-likeness (QED) is 0.897. The molecule has 2 fully saturated rings. The molecule has 0 radical (unpaired) electrons. The van der Waals surface area contributed by atoms with Gasteiger partial charge in [-0.05, 0) is 38.0 Å². The van der Waals surface area contributed by atoms with E-state index in [1.165, 1.54) is 38.5 Å². The minimum Gasteiger partial charge on any atom is -0.373 e. The molecule has 0 saturated heterocycles. The zero-order valence-corrected chi connectivity index (χ0v) is 12.3. The normalized spacial score (nSPS) is 24.3. The monoisotopic (exact) mass is 279 g/mol. The molecular weight excluding hydrogens is 254 g/mol. The number of aromatic nitrogens is 2. The van der Waals surface area contributed by atoms with Crippen LogP contribution in [0.3, 0.4) is 0 Å². The maximum absolute atomic E-state index is 6.24. The van der Waals surface area contributed by atoms with Crippen LogP contribution < -0.4 is 5.73 Å². The number of nitrogens with zero attached hydrogens (tertiary/aromatic N) is 2. The number of rotatable bonds is 5. The zero-order chi connectivity index (χ0) is 14.0. The zero-order valence-electron chi connectivity index (χ0n) is 12.3. The summed E-state index contributed by atoms with van der Waals surface area (Å²) in [6.45, 7) is 0. The minimum absolute atomic E-state index is 0.0251. The van der Waals surface area contributed by atoms with Crippen molar-refractivity contribution >= 4 is 0 Å². The van der Waals surface area contributed by atoms with Gasteiger partial charge in [-0.1, -0.05) is 24.4 Å². The number of hydrogen-bond acceptors (Lipinski definition) is 5. The van der Waals surface area contributed by atoms with Gasteiger partial charge in [-0.25, -0.2) is 0 Å². The van der Waals surface area contributed by atoms with Gasteiger partial charge in [0.05, 0.1) is 0 Å². The highest BCUT2D eigenvalue weighted by Crippen LogP contribution is 2.36. The first-order valence-corrected chi connectivity index (χ1v) is 7.84. The molecule has 112 valence electrons. The fraction of sp³-hybridized carbons (Fsp3) is 0.867. The summed E-state index contributed by atoms with van der Waals surface area (Å²) < 4.78 is 11.0. The molecule has 2 N–H and O–H groups in total. The molecule has 2 aliphatic carbocycles. The highest BCUT2D eigenvalue weighted by atomic mass is 16.5. The van der Waals surface area contributed by atoms with Crippen LogP contribution in [0.1, 0.15) is 69.2 Å². The van der Waals surface area contributed by atoms with Gasteiger partial charge in [0, 0.05) is 19.1 Å². The number of ether oxygens (including phenoxy) is 1.